The SMILES string of the molecule is CCc1nc2ccc(C(=O)NCc3cccnc3-c3cccnc3)cc2s1. The fourth-order valence-electron chi connectivity index (χ4n) is 2.89. The Morgan fingerprint density at radius 1 is 1.15 bits per heavy atom. The molecule has 0 spiro atoms. The van der Waals surface area contributed by atoms with Crippen LogP contribution in [0.15, 0.2) is 61.1 Å². The van der Waals surface area contributed by atoms with Crippen molar-refractivity contribution in [3.63, 3.8) is 0 Å². The van der Waals surface area contributed by atoms with Gasteiger partial charge in [0.25, 0.3) is 5.91 Å². The van der Waals surface area contributed by atoms with Crippen molar-refractivity contribution in [2.45, 2.75) is 19.9 Å². The van der Waals surface area contributed by atoms with E-state index in [1.165, 1.54) is 0 Å². The molecule has 134 valence electrons. The molecule has 0 bridgehead atoms. The Morgan fingerprint density at radius 2 is 2.04 bits per heavy atom. The van der Waals surface area contributed by atoms with Gasteiger partial charge in [-0.05, 0) is 48.4 Å². The summed E-state index contributed by atoms with van der Waals surface area (Å²) >= 11 is 1.63. The van der Waals surface area contributed by atoms with Crippen molar-refractivity contribution in [1.82, 2.24) is 20.3 Å². The van der Waals surface area contributed by atoms with E-state index in [0.29, 0.717) is 12.1 Å². The van der Waals surface area contributed by atoms with Crippen molar-refractivity contribution in [3.8, 4) is 11.3 Å². The summed E-state index contributed by atoms with van der Waals surface area (Å²) in [7, 11) is 0. The lowest BCUT2D eigenvalue weighted by Crippen LogP contribution is -2.23. The summed E-state index contributed by atoms with van der Waals surface area (Å²) in [5, 5.41) is 4.08. The minimum atomic E-state index is -0.107. The number of carbonyl (C=O) groups excluding carboxylic acids is 1. The number of hydrogen-bond acceptors (Lipinski definition) is 5. The van der Waals surface area contributed by atoms with Crippen LogP contribution < -0.4 is 5.32 Å². The number of aromatic nitrogens is 3. The van der Waals surface area contributed by atoms with Crippen LogP contribution >= 0.6 is 11.3 Å². The zero-order valence-corrected chi connectivity index (χ0v) is 15.7. The quantitative estimate of drug-likeness (QED) is 0.567. The van der Waals surface area contributed by atoms with Crippen molar-refractivity contribution in [1.29, 1.82) is 0 Å². The predicted octanol–water partition coefficient (Wildman–Crippen LogP) is 4.25. The molecule has 0 aliphatic heterocycles. The summed E-state index contributed by atoms with van der Waals surface area (Å²) in [5.41, 5.74) is 4.29. The van der Waals surface area contributed by atoms with E-state index in [2.05, 4.69) is 27.2 Å². The van der Waals surface area contributed by atoms with E-state index < -0.39 is 0 Å². The van der Waals surface area contributed by atoms with Crippen molar-refractivity contribution in [2.75, 3.05) is 0 Å². The van der Waals surface area contributed by atoms with Gasteiger partial charge in [-0.1, -0.05) is 13.0 Å². The van der Waals surface area contributed by atoms with Gasteiger partial charge in [-0.3, -0.25) is 14.8 Å². The molecule has 0 radical (unpaired) electrons. The van der Waals surface area contributed by atoms with E-state index in [0.717, 1.165) is 38.5 Å². The summed E-state index contributed by atoms with van der Waals surface area (Å²) < 4.78 is 1.04. The van der Waals surface area contributed by atoms with Gasteiger partial charge in [-0.25, -0.2) is 4.98 Å². The largest absolute Gasteiger partial charge is 0.348 e. The lowest BCUT2D eigenvalue weighted by molar-refractivity contribution is 0.0951. The average molecular weight is 374 g/mol. The predicted molar refractivity (Wildman–Crippen MR) is 108 cm³/mol. The fraction of sp³-hybridized carbons (Fsp3) is 0.143. The third-order valence-electron chi connectivity index (χ3n) is 4.26. The summed E-state index contributed by atoms with van der Waals surface area (Å²) in [6.07, 6.45) is 6.15. The van der Waals surface area contributed by atoms with Crippen LogP contribution in [0, 0.1) is 0 Å². The first kappa shape index (κ1) is 17.3. The molecular formula is C21H18N4OS. The van der Waals surface area contributed by atoms with Crippen molar-refractivity contribution in [2.24, 2.45) is 0 Å². The number of hydrogen-bond donors (Lipinski definition) is 1. The molecule has 1 aromatic carbocycles. The number of nitrogens with zero attached hydrogens (tertiary/aromatic N) is 3. The second-order valence-electron chi connectivity index (χ2n) is 6.08. The molecule has 0 aliphatic carbocycles. The Bertz CT molecular complexity index is 1090. The van der Waals surface area contributed by atoms with Crippen LogP contribution in [0.1, 0.15) is 27.9 Å². The molecule has 3 heterocycles. The highest BCUT2D eigenvalue weighted by atomic mass is 32.1. The molecule has 6 heteroatoms. The van der Waals surface area contributed by atoms with Gasteiger partial charge >= 0.3 is 0 Å². The van der Waals surface area contributed by atoms with Gasteiger partial charge in [-0.2, -0.15) is 0 Å². The smallest absolute Gasteiger partial charge is 0.251 e. The van der Waals surface area contributed by atoms with E-state index >= 15 is 0 Å². The van der Waals surface area contributed by atoms with Crippen LogP contribution in [0.4, 0.5) is 0 Å². The molecule has 0 saturated heterocycles. The summed E-state index contributed by atoms with van der Waals surface area (Å²) in [4.78, 5) is 25.8. The summed E-state index contributed by atoms with van der Waals surface area (Å²) in [6.45, 7) is 2.48. The topological polar surface area (TPSA) is 67.8 Å². The van der Waals surface area contributed by atoms with E-state index in [1.54, 1.807) is 29.9 Å². The number of aryl methyl sites for hydroxylation is 1. The molecule has 27 heavy (non-hydrogen) atoms. The minimum absolute atomic E-state index is 0.107. The molecule has 0 atom stereocenters. The normalized spacial score (nSPS) is 10.9. The minimum Gasteiger partial charge on any atom is -0.348 e. The Labute approximate surface area is 161 Å². The van der Waals surface area contributed by atoms with E-state index in [1.807, 2.05) is 42.5 Å². The number of fused-ring (bicyclic) bond motifs is 1. The van der Waals surface area contributed by atoms with Gasteiger partial charge in [0.1, 0.15) is 0 Å². The Morgan fingerprint density at radius 3 is 2.85 bits per heavy atom. The van der Waals surface area contributed by atoms with Gasteiger partial charge < -0.3 is 5.32 Å². The maximum atomic E-state index is 12.6. The Balaban J connectivity index is 1.53. The zero-order chi connectivity index (χ0) is 18.6. The highest BCUT2D eigenvalue weighted by Gasteiger charge is 2.11. The van der Waals surface area contributed by atoms with Crippen LogP contribution in [0.3, 0.4) is 0 Å². The van der Waals surface area contributed by atoms with Gasteiger partial charge in [-0.15, -0.1) is 11.3 Å². The molecule has 3 aromatic heterocycles. The monoisotopic (exact) mass is 374 g/mol. The van der Waals surface area contributed by atoms with Crippen LogP contribution in [-0.4, -0.2) is 20.9 Å². The van der Waals surface area contributed by atoms with Gasteiger partial charge in [0.2, 0.25) is 0 Å². The van der Waals surface area contributed by atoms with Gasteiger partial charge in [0.05, 0.1) is 20.9 Å². The molecule has 1 amide bonds. The second-order valence-corrected chi connectivity index (χ2v) is 7.19. The van der Waals surface area contributed by atoms with Crippen molar-refractivity contribution in [3.05, 3.63) is 77.2 Å². The highest BCUT2D eigenvalue weighted by molar-refractivity contribution is 7.18. The number of carbonyl (C=O) groups is 1. The first-order chi connectivity index (χ1) is 13.2. The molecule has 0 fully saturated rings. The number of pyridine rings is 2. The number of rotatable bonds is 5. The fourth-order valence-corrected chi connectivity index (χ4v) is 3.83. The third kappa shape index (κ3) is 3.71. The van der Waals surface area contributed by atoms with E-state index in [9.17, 15) is 4.79 Å². The molecule has 1 N–H and O–H groups in total. The van der Waals surface area contributed by atoms with Gasteiger partial charge in [0, 0.05) is 36.3 Å². The van der Waals surface area contributed by atoms with E-state index in [4.69, 9.17) is 0 Å². The molecule has 0 unspecified atom stereocenters. The average Bonchev–Trinajstić information content (AvgIpc) is 3.15. The Hall–Kier alpha value is -3.12. The van der Waals surface area contributed by atoms with Crippen molar-refractivity contribution >= 4 is 27.5 Å². The number of thiazole rings is 1. The summed E-state index contributed by atoms with van der Waals surface area (Å²) in [5.74, 6) is -0.107. The number of benzene rings is 1. The molecule has 4 rings (SSSR count). The lowest BCUT2D eigenvalue weighted by Gasteiger charge is -2.10. The highest BCUT2D eigenvalue weighted by Crippen LogP contribution is 2.24. The molecule has 5 nitrogen and oxygen atoms in total. The van der Waals surface area contributed by atoms with Crippen molar-refractivity contribution < 1.29 is 4.79 Å². The standard InChI is InChI=1S/C21H18N4OS/c1-2-19-25-17-8-7-14(11-18(17)27-19)21(26)24-13-16-6-4-10-23-20(16)15-5-3-9-22-12-15/h3-12H,2,13H2,1H3,(H,24,26). The molecular weight excluding hydrogens is 356 g/mol. The Kier molecular flexibility index (Phi) is 4.89. The lowest BCUT2D eigenvalue weighted by atomic mass is 10.1. The second kappa shape index (κ2) is 7.63. The van der Waals surface area contributed by atoms with Crippen LogP contribution in [0.25, 0.3) is 21.5 Å². The zero-order valence-electron chi connectivity index (χ0n) is 14.8. The first-order valence-corrected chi connectivity index (χ1v) is 9.58. The molecule has 4 aromatic rings. The number of amides is 1. The number of nitrogens with one attached hydrogen (secondary N) is 1. The maximum absolute atomic E-state index is 12.6. The maximum Gasteiger partial charge on any atom is 0.251 e. The van der Waals surface area contributed by atoms with Crippen LogP contribution in [0.5, 0.6) is 0 Å². The molecule has 0 saturated carbocycles. The molecule has 0 aliphatic rings. The van der Waals surface area contributed by atoms with E-state index in [-0.39, 0.29) is 5.91 Å². The van der Waals surface area contributed by atoms with Gasteiger partial charge in [0.15, 0.2) is 0 Å². The van der Waals surface area contributed by atoms with Crippen LogP contribution in [-0.2, 0) is 13.0 Å². The van der Waals surface area contributed by atoms with Crippen LogP contribution in [0.2, 0.25) is 0 Å². The third-order valence-corrected chi connectivity index (χ3v) is 5.43. The first-order valence-electron chi connectivity index (χ1n) is 8.76. The summed E-state index contributed by atoms with van der Waals surface area (Å²) in [6, 6.07) is 13.3.